The Balaban J connectivity index is 2.49. The average molecular weight is 368 g/mol. The number of carbonyl (C=O) groups is 1. The third kappa shape index (κ3) is 4.01. The Kier molecular flexibility index (Phi) is 6.16. The maximum atomic E-state index is 13.3. The zero-order chi connectivity index (χ0) is 18.9. The van der Waals surface area contributed by atoms with Gasteiger partial charge in [0.2, 0.25) is 5.43 Å². The van der Waals surface area contributed by atoms with E-state index in [-0.39, 0.29) is 32.3 Å². The normalized spacial score (nSPS) is 16.8. The number of hydrogen-bond acceptors (Lipinski definition) is 2. The van der Waals surface area contributed by atoms with Crippen LogP contribution in [0.3, 0.4) is 0 Å². The molecule has 5 heteroatoms. The lowest BCUT2D eigenvalue weighted by Gasteiger charge is -2.40. The van der Waals surface area contributed by atoms with Crippen molar-refractivity contribution in [1.29, 1.82) is 0 Å². The molecule has 1 atom stereocenters. The number of hydrogen-bond donors (Lipinski definition) is 1. The molecule has 1 aliphatic carbocycles. The van der Waals surface area contributed by atoms with Gasteiger partial charge < -0.3 is 4.98 Å². The van der Waals surface area contributed by atoms with Crippen molar-refractivity contribution in [3.8, 4) is 0 Å². The van der Waals surface area contributed by atoms with Crippen LogP contribution in [-0.4, -0.2) is 35.5 Å². The molecule has 0 saturated heterocycles. The highest BCUT2D eigenvalue weighted by atomic mass is 35.5. The molecule has 2 rings (SSSR count). The number of aryl methyl sites for hydroxylation is 1. The molecule has 0 aliphatic heterocycles. The van der Waals surface area contributed by atoms with Gasteiger partial charge in [-0.05, 0) is 31.6 Å². The molecule has 1 fully saturated rings. The molecule has 1 aliphatic rings. The molecule has 0 aromatic carbocycles. The van der Waals surface area contributed by atoms with Crippen molar-refractivity contribution >= 4 is 17.5 Å². The summed E-state index contributed by atoms with van der Waals surface area (Å²) in [4.78, 5) is 29.5. The fourth-order valence-electron chi connectivity index (χ4n) is 3.52. The van der Waals surface area contributed by atoms with Gasteiger partial charge in [0, 0.05) is 24.2 Å². The summed E-state index contributed by atoms with van der Waals surface area (Å²) in [5.74, 6) is 0.592. The van der Waals surface area contributed by atoms with Gasteiger partial charge in [0.15, 0.2) is 0 Å². The Morgan fingerprint density at radius 1 is 1.24 bits per heavy atom. The number of aromatic amines is 1. The summed E-state index contributed by atoms with van der Waals surface area (Å²) in [6, 6.07) is 0.297. The van der Waals surface area contributed by atoms with Gasteiger partial charge in [-0.1, -0.05) is 38.8 Å². The Morgan fingerprint density at radius 2 is 1.84 bits per heavy atom. The number of halogens is 1. The van der Waals surface area contributed by atoms with Crippen LogP contribution < -0.4 is 5.43 Å². The predicted molar refractivity (Wildman–Crippen MR) is 103 cm³/mol. The predicted octanol–water partition coefficient (Wildman–Crippen LogP) is 4.65. The van der Waals surface area contributed by atoms with Crippen LogP contribution in [0.5, 0.6) is 0 Å². The van der Waals surface area contributed by atoms with Gasteiger partial charge in [0.05, 0.1) is 20.1 Å². The second-order valence-electron chi connectivity index (χ2n) is 8.48. The highest BCUT2D eigenvalue weighted by Gasteiger charge is 2.43. The van der Waals surface area contributed by atoms with E-state index in [1.54, 1.807) is 6.92 Å². The summed E-state index contributed by atoms with van der Waals surface area (Å²) in [6.45, 7) is 8.25. The van der Waals surface area contributed by atoms with Crippen molar-refractivity contribution < 1.29 is 9.28 Å². The van der Waals surface area contributed by atoms with Gasteiger partial charge >= 0.3 is 5.91 Å². The molecule has 0 radical (unpaired) electrons. The third-order valence-electron chi connectivity index (χ3n) is 5.74. The van der Waals surface area contributed by atoms with E-state index in [0.29, 0.717) is 17.7 Å². The molecule has 1 aromatic heterocycles. The van der Waals surface area contributed by atoms with Crippen LogP contribution in [0.25, 0.3) is 0 Å². The number of pyridine rings is 1. The molecule has 1 N–H and O–H groups in total. The monoisotopic (exact) mass is 367 g/mol. The average Bonchev–Trinajstić information content (AvgIpc) is 2.47. The summed E-state index contributed by atoms with van der Waals surface area (Å²) < 4.78 is 0.229. The first kappa shape index (κ1) is 20.2. The lowest BCUT2D eigenvalue weighted by molar-refractivity contribution is -0.841. The summed E-state index contributed by atoms with van der Waals surface area (Å²) in [7, 11) is 3.84. The third-order valence-corrected chi connectivity index (χ3v) is 6.20. The molecular formula is C20H32ClN2O2+. The summed E-state index contributed by atoms with van der Waals surface area (Å²) in [5.41, 5.74) is 1.34. The van der Waals surface area contributed by atoms with Crippen LogP contribution in [0.1, 0.15) is 80.5 Å². The van der Waals surface area contributed by atoms with E-state index >= 15 is 0 Å². The molecule has 1 unspecified atom stereocenters. The molecule has 1 aromatic rings. The molecule has 1 saturated carbocycles. The number of nitrogens with zero attached hydrogens (tertiary/aromatic N) is 1. The van der Waals surface area contributed by atoms with E-state index in [4.69, 9.17) is 11.6 Å². The minimum Gasteiger partial charge on any atom is -0.360 e. The maximum Gasteiger partial charge on any atom is 0.351 e. The first-order valence-corrected chi connectivity index (χ1v) is 9.76. The molecular weight excluding hydrogens is 336 g/mol. The highest BCUT2D eigenvalue weighted by Crippen LogP contribution is 2.32. The molecule has 1 amide bonds. The minimum absolute atomic E-state index is 0.112. The molecule has 25 heavy (non-hydrogen) atoms. The number of rotatable bonds is 6. The van der Waals surface area contributed by atoms with Crippen LogP contribution >= 0.6 is 11.6 Å². The van der Waals surface area contributed by atoms with Gasteiger partial charge in [-0.15, -0.1) is 0 Å². The lowest BCUT2D eigenvalue weighted by Crippen LogP contribution is -2.57. The van der Waals surface area contributed by atoms with E-state index < -0.39 is 0 Å². The Morgan fingerprint density at radius 3 is 2.32 bits per heavy atom. The zero-order valence-corrected chi connectivity index (χ0v) is 17.2. The number of quaternary nitrogens is 1. The van der Waals surface area contributed by atoms with Crippen molar-refractivity contribution in [2.45, 2.75) is 71.8 Å². The smallest absolute Gasteiger partial charge is 0.351 e. The molecule has 0 bridgehead atoms. The highest BCUT2D eigenvalue weighted by molar-refractivity contribution is 6.31. The van der Waals surface area contributed by atoms with E-state index in [0.717, 1.165) is 37.8 Å². The summed E-state index contributed by atoms with van der Waals surface area (Å²) in [5, 5.41) is 0.136. The maximum absolute atomic E-state index is 13.3. The van der Waals surface area contributed by atoms with E-state index in [2.05, 4.69) is 25.8 Å². The quantitative estimate of drug-likeness (QED) is 0.744. The van der Waals surface area contributed by atoms with Crippen LogP contribution in [0, 0.1) is 12.8 Å². The van der Waals surface area contributed by atoms with Crippen molar-refractivity contribution in [3.05, 3.63) is 32.2 Å². The topological polar surface area (TPSA) is 49.9 Å². The standard InChI is InChI=1S/C20H31ClN2O2/c1-12(2)10-11-13(3)18-16(19(24)17(21)14(4)22-18)20(25)23(5,6)15-8-7-9-15/h12-13,15H,7-11H2,1-6H3/p+1. The van der Waals surface area contributed by atoms with Crippen LogP contribution in [0.15, 0.2) is 4.79 Å². The van der Waals surface area contributed by atoms with Crippen molar-refractivity contribution in [1.82, 2.24) is 4.98 Å². The summed E-state index contributed by atoms with van der Waals surface area (Å²) in [6.07, 6.45) is 5.22. The van der Waals surface area contributed by atoms with Crippen LogP contribution in [0.4, 0.5) is 0 Å². The fraction of sp³-hybridized carbons (Fsp3) is 0.700. The molecule has 0 spiro atoms. The van der Waals surface area contributed by atoms with Crippen LogP contribution in [0.2, 0.25) is 5.02 Å². The van der Waals surface area contributed by atoms with Gasteiger partial charge in [0.1, 0.15) is 10.6 Å². The number of aromatic nitrogens is 1. The van der Waals surface area contributed by atoms with E-state index in [1.165, 1.54) is 0 Å². The van der Waals surface area contributed by atoms with Gasteiger partial charge in [0.25, 0.3) is 0 Å². The molecule has 4 nitrogen and oxygen atoms in total. The van der Waals surface area contributed by atoms with Gasteiger partial charge in [-0.25, -0.2) is 4.79 Å². The number of nitrogens with one attached hydrogen (secondary N) is 1. The number of H-pyrrole nitrogens is 1. The molecule has 140 valence electrons. The second kappa shape index (κ2) is 7.63. The van der Waals surface area contributed by atoms with Crippen molar-refractivity contribution in [2.75, 3.05) is 14.1 Å². The van der Waals surface area contributed by atoms with Gasteiger partial charge in [-0.2, -0.15) is 0 Å². The first-order chi connectivity index (χ1) is 11.6. The van der Waals surface area contributed by atoms with Gasteiger partial charge in [-0.3, -0.25) is 9.28 Å². The number of amides is 1. The van der Waals surface area contributed by atoms with Crippen molar-refractivity contribution in [3.63, 3.8) is 0 Å². The summed E-state index contributed by atoms with van der Waals surface area (Å²) >= 11 is 6.21. The lowest BCUT2D eigenvalue weighted by atomic mass is 9.88. The Bertz CT molecular complexity index is 702. The largest absolute Gasteiger partial charge is 0.360 e. The second-order valence-corrected chi connectivity index (χ2v) is 8.86. The Labute approximate surface area is 156 Å². The fourth-order valence-corrected chi connectivity index (χ4v) is 3.66. The zero-order valence-electron chi connectivity index (χ0n) is 16.4. The SMILES string of the molecule is Cc1[nH]c(C(C)CCC(C)C)c(C(=O)[N+](C)(C)C2CCC2)c(=O)c1Cl. The number of carbonyl (C=O) groups excluding carboxylic acids is 1. The van der Waals surface area contributed by atoms with Crippen LogP contribution in [-0.2, 0) is 0 Å². The minimum atomic E-state index is -0.320. The van der Waals surface area contributed by atoms with E-state index in [1.807, 2.05) is 14.1 Å². The van der Waals surface area contributed by atoms with E-state index in [9.17, 15) is 9.59 Å². The molecule has 1 heterocycles. The Hall–Kier alpha value is -1.13. The first-order valence-electron chi connectivity index (χ1n) is 9.38. The van der Waals surface area contributed by atoms with Crippen molar-refractivity contribution in [2.24, 2.45) is 5.92 Å².